The summed E-state index contributed by atoms with van der Waals surface area (Å²) in [5, 5.41) is 1.18. The molecule has 1 N–H and O–H groups in total. The van der Waals surface area contributed by atoms with Gasteiger partial charge in [0, 0.05) is 0 Å². The molecule has 28 heteroatoms. The van der Waals surface area contributed by atoms with Crippen molar-refractivity contribution in [3.8, 4) is 0 Å². The van der Waals surface area contributed by atoms with Crippen LogP contribution >= 0.6 is 0 Å². The van der Waals surface area contributed by atoms with Crippen molar-refractivity contribution >= 4 is 0 Å². The van der Waals surface area contributed by atoms with Gasteiger partial charge in [0.05, 0.1) is 0 Å². The lowest BCUT2D eigenvalue weighted by Gasteiger charge is -2.39. The van der Waals surface area contributed by atoms with Crippen LogP contribution in [0, 0.1) is 0 Å². The normalized spacial score (nSPS) is 16.6. The highest BCUT2D eigenvalue weighted by Crippen LogP contribution is 2.64. The number of hydrogen-bond acceptors (Lipinski definition) is 1. The first-order chi connectivity index (χ1) is 18.2. The van der Waals surface area contributed by atoms with Crippen molar-refractivity contribution in [2.24, 2.45) is 0 Å². The molecule has 0 atom stereocenters. The van der Waals surface area contributed by atoms with Crippen LogP contribution in [-0.4, -0.2) is 69.9 Å². The molecule has 0 aliphatic rings. The predicted molar refractivity (Wildman–Crippen MR) is 78.1 cm³/mol. The van der Waals surface area contributed by atoms with Crippen molar-refractivity contribution in [1.29, 1.82) is 0 Å². The van der Waals surface area contributed by atoms with E-state index in [2.05, 4.69) is 0 Å². The fraction of sp³-hybridized carbons (Fsp3) is 0.800. The molecule has 254 valence electrons. The van der Waals surface area contributed by atoms with Gasteiger partial charge in [0.2, 0.25) is 0 Å². The highest BCUT2D eigenvalue weighted by molar-refractivity contribution is 5.26. The van der Waals surface area contributed by atoms with Crippen molar-refractivity contribution in [3.63, 3.8) is 0 Å². The molecule has 0 aliphatic heterocycles. The number of aromatic nitrogens is 2. The van der Waals surface area contributed by atoms with Crippen molar-refractivity contribution in [3.05, 3.63) is 17.5 Å². The molecule has 1 rings (SSSR count). The third-order valence-corrected chi connectivity index (χ3v) is 5.10. The summed E-state index contributed by atoms with van der Waals surface area (Å²) in [5.74, 6) is -83.0. The second-order valence-electron chi connectivity index (χ2n) is 7.91. The Morgan fingerprint density at radius 3 is 0.884 bits per heavy atom. The van der Waals surface area contributed by atoms with Gasteiger partial charge in [-0.1, -0.05) is 0 Å². The van der Waals surface area contributed by atoms with Gasteiger partial charge in [0.25, 0.3) is 0 Å². The first-order valence-corrected chi connectivity index (χ1v) is 9.19. The monoisotopic (exact) mass is 704 g/mol. The van der Waals surface area contributed by atoms with Crippen LogP contribution in [0.4, 0.5) is 114 Å². The molecule has 43 heavy (non-hydrogen) atoms. The molecule has 2 nitrogen and oxygen atoms in total. The number of alkyl halides is 26. The maximum absolute atomic E-state index is 14.0. The Morgan fingerprint density at radius 2 is 0.605 bits per heavy atom. The van der Waals surface area contributed by atoms with Gasteiger partial charge in [0.15, 0.2) is 0 Å². The van der Waals surface area contributed by atoms with Crippen molar-refractivity contribution in [2.45, 2.75) is 71.6 Å². The van der Waals surface area contributed by atoms with Crippen LogP contribution < -0.4 is 0 Å². The van der Waals surface area contributed by atoms with Gasteiger partial charge < -0.3 is 0 Å². The number of halogens is 26. The van der Waals surface area contributed by atoms with E-state index < -0.39 is 89.0 Å². The molecule has 0 bridgehead atoms. The topological polar surface area (TPSA) is 28.7 Å². The molecule has 0 saturated heterocycles. The molecule has 1 heterocycles. The van der Waals surface area contributed by atoms with Crippen LogP contribution in [0.1, 0.15) is 11.4 Å². The van der Waals surface area contributed by atoms with E-state index in [9.17, 15) is 114 Å². The highest BCUT2D eigenvalue weighted by Gasteiger charge is 2.92. The molecule has 0 fully saturated rings. The zero-order valence-corrected chi connectivity index (χ0v) is 18.4. The maximum atomic E-state index is 14.0. The quantitative estimate of drug-likeness (QED) is 0.243. The number of rotatable bonds is 10. The Balaban J connectivity index is 3.78. The summed E-state index contributed by atoms with van der Waals surface area (Å²) < 4.78 is 341. The van der Waals surface area contributed by atoms with Gasteiger partial charge in [0.1, 0.15) is 11.4 Å². The van der Waals surface area contributed by atoms with Crippen LogP contribution in [0.2, 0.25) is 0 Å². The number of nitrogens with zero attached hydrogens (tertiary/aromatic N) is 1. The largest absolute Gasteiger partial charge is 0.460 e. The molecule has 0 aliphatic carbocycles. The van der Waals surface area contributed by atoms with Crippen LogP contribution in [0.3, 0.4) is 0 Å². The lowest BCUT2D eigenvalue weighted by Crippen LogP contribution is -2.69. The van der Waals surface area contributed by atoms with E-state index in [1.165, 1.54) is 5.10 Å². The molecular weight excluding hydrogens is 702 g/mol. The lowest BCUT2D eigenvalue weighted by molar-refractivity contribution is -0.442. The van der Waals surface area contributed by atoms with Gasteiger partial charge >= 0.3 is 71.6 Å². The molecule has 0 saturated carbocycles. The van der Waals surface area contributed by atoms with Crippen molar-refractivity contribution in [2.75, 3.05) is 0 Å². The number of hydrogen-bond donors (Lipinski definition) is 1. The summed E-state index contributed by atoms with van der Waals surface area (Å²) in [6, 6.07) is -2.02. The minimum atomic E-state index is -8.63. The molecule has 0 radical (unpaired) electrons. The van der Waals surface area contributed by atoms with Crippen LogP contribution in [0.5, 0.6) is 0 Å². The fourth-order valence-electron chi connectivity index (χ4n) is 2.51. The van der Waals surface area contributed by atoms with Crippen molar-refractivity contribution in [1.82, 2.24) is 10.2 Å². The Labute approximate surface area is 215 Å². The fourth-order valence-corrected chi connectivity index (χ4v) is 2.51. The summed E-state index contributed by atoms with van der Waals surface area (Å²) in [7, 11) is 0. The number of H-pyrrole nitrogens is 1. The van der Waals surface area contributed by atoms with Crippen LogP contribution in [-0.2, 0) is 11.8 Å². The summed E-state index contributed by atoms with van der Waals surface area (Å²) in [6.45, 7) is 0. The average molecular weight is 704 g/mol. The number of nitrogens with one attached hydrogen (secondary N) is 1. The molecule has 0 spiro atoms. The van der Waals surface area contributed by atoms with E-state index >= 15 is 0 Å². The van der Waals surface area contributed by atoms with E-state index in [-0.39, 0.29) is 5.10 Å². The van der Waals surface area contributed by atoms with Gasteiger partial charge in [-0.2, -0.15) is 119 Å². The Bertz CT molecular complexity index is 1080. The van der Waals surface area contributed by atoms with Gasteiger partial charge in [-0.3, -0.25) is 5.10 Å². The van der Waals surface area contributed by atoms with Crippen LogP contribution in [0.15, 0.2) is 6.07 Å². The zero-order chi connectivity index (χ0) is 35.3. The summed E-state index contributed by atoms with van der Waals surface area (Å²) in [6.07, 6.45) is -15.8. The van der Waals surface area contributed by atoms with E-state index in [1.807, 2.05) is 0 Å². The average Bonchev–Trinajstić information content (AvgIpc) is 3.28. The SMILES string of the molecule is FC(F)(F)C(F)(F)C(F)(F)C(F)(F)C(F)(F)C(F)(F)c1cc(C(F)(F)C(F)(F)C(F)(F)C(F)(F)C(F)(F)C(F)(F)F)[nH]n1. The second-order valence-corrected chi connectivity index (χ2v) is 7.91. The maximum Gasteiger partial charge on any atom is 0.460 e. The minimum Gasteiger partial charge on any atom is -0.276 e. The highest BCUT2D eigenvalue weighted by atomic mass is 19.4. The summed E-state index contributed by atoms with van der Waals surface area (Å²) in [4.78, 5) is 0. The Morgan fingerprint density at radius 1 is 0.349 bits per heavy atom. The second kappa shape index (κ2) is 9.45. The minimum absolute atomic E-state index is 0.174. The van der Waals surface area contributed by atoms with E-state index in [0.29, 0.717) is 0 Å². The Hall–Kier alpha value is -2.61. The van der Waals surface area contributed by atoms with Gasteiger partial charge in [-0.05, 0) is 6.07 Å². The molecule has 1 aromatic heterocycles. The Kier molecular flexibility index (Phi) is 8.44. The van der Waals surface area contributed by atoms with E-state index in [0.717, 1.165) is 0 Å². The molecule has 1 aromatic rings. The summed E-state index contributed by atoms with van der Waals surface area (Å²) >= 11 is 0. The van der Waals surface area contributed by atoms with E-state index in [4.69, 9.17) is 0 Å². The smallest absolute Gasteiger partial charge is 0.276 e. The van der Waals surface area contributed by atoms with Gasteiger partial charge in [-0.25, -0.2) is 0 Å². The predicted octanol–water partition coefficient (Wildman–Crippen LogP) is 8.80. The third kappa shape index (κ3) is 4.69. The molecule has 0 aromatic carbocycles. The molecular formula is C15H2F26N2. The number of aromatic amines is 1. The first-order valence-electron chi connectivity index (χ1n) is 9.19. The first kappa shape index (κ1) is 38.4. The van der Waals surface area contributed by atoms with Gasteiger partial charge in [-0.15, -0.1) is 0 Å². The molecule has 0 amide bonds. The zero-order valence-electron chi connectivity index (χ0n) is 18.4. The molecule has 0 unspecified atom stereocenters. The van der Waals surface area contributed by atoms with Crippen LogP contribution in [0.25, 0.3) is 0 Å². The standard InChI is InChI=1S/C15H2F26N2/c16-4(17,6(20,21)8(24,25)10(28,29)12(32,33)14(36,37)38)2-1-3(43-42-2)5(18,19)7(22,23)9(26,27)11(30,31)13(34,35)15(39,40)41/h1H,(H,42,43). The third-order valence-electron chi connectivity index (χ3n) is 5.10. The van der Waals surface area contributed by atoms with E-state index in [1.54, 1.807) is 0 Å². The summed E-state index contributed by atoms with van der Waals surface area (Å²) in [5.41, 5.74) is -7.59. The lowest BCUT2D eigenvalue weighted by atomic mass is 9.91. The van der Waals surface area contributed by atoms with Crippen molar-refractivity contribution < 1.29 is 114 Å².